The summed E-state index contributed by atoms with van der Waals surface area (Å²) in [6.45, 7) is 3.39. The lowest BCUT2D eigenvalue weighted by molar-refractivity contribution is -0.384. The van der Waals surface area contributed by atoms with E-state index in [4.69, 9.17) is 4.74 Å². The molecule has 0 bridgehead atoms. The van der Waals surface area contributed by atoms with E-state index in [-0.39, 0.29) is 11.6 Å². The van der Waals surface area contributed by atoms with Crippen molar-refractivity contribution in [1.82, 2.24) is 4.90 Å². The van der Waals surface area contributed by atoms with Crippen LogP contribution in [0.4, 0.5) is 17.1 Å². The number of nitrogens with one attached hydrogen (secondary N) is 1. The molecule has 1 N–H and O–H groups in total. The summed E-state index contributed by atoms with van der Waals surface area (Å²) in [7, 11) is 2.02. The van der Waals surface area contributed by atoms with Crippen molar-refractivity contribution in [3.63, 3.8) is 0 Å². The zero-order valence-electron chi connectivity index (χ0n) is 16.5. The maximum atomic E-state index is 12.6. The molecule has 29 heavy (non-hydrogen) atoms. The Kier molecular flexibility index (Phi) is 7.02. The lowest BCUT2D eigenvalue weighted by atomic mass is 10.1. The number of hydrogen-bond acceptors (Lipinski definition) is 6. The highest BCUT2D eigenvalue weighted by atomic mass is 16.6. The summed E-state index contributed by atoms with van der Waals surface area (Å²) < 4.78 is 5.25. The second-order valence-corrected chi connectivity index (χ2v) is 6.93. The number of benzene rings is 2. The predicted octanol–water partition coefficient (Wildman–Crippen LogP) is 3.01. The highest BCUT2D eigenvalue weighted by Crippen LogP contribution is 2.26. The van der Waals surface area contributed by atoms with Gasteiger partial charge in [0.05, 0.1) is 18.1 Å². The van der Waals surface area contributed by atoms with E-state index in [1.807, 2.05) is 37.4 Å². The number of morpholine rings is 1. The van der Waals surface area contributed by atoms with Crippen LogP contribution in [0.1, 0.15) is 16.8 Å². The van der Waals surface area contributed by atoms with Gasteiger partial charge in [0, 0.05) is 50.5 Å². The first kappa shape index (κ1) is 20.6. The molecule has 1 aliphatic heterocycles. The molecule has 3 rings (SSSR count). The molecule has 0 saturated carbocycles. The van der Waals surface area contributed by atoms with Crippen molar-refractivity contribution < 1.29 is 14.5 Å². The standard InChI is InChI=1S/C21H26N4O4/c1-23(18-6-3-2-4-7-18)11-5-10-22-19-9-8-17(16-20(19)25(27)28)21(26)24-12-14-29-15-13-24/h2-4,6-9,16,22H,5,10-15H2,1H3. The van der Waals surface area contributed by atoms with Crippen LogP contribution in [0.25, 0.3) is 0 Å². The van der Waals surface area contributed by atoms with Crippen molar-refractivity contribution >= 4 is 23.0 Å². The first-order valence-corrected chi connectivity index (χ1v) is 9.72. The molecule has 8 nitrogen and oxygen atoms in total. The smallest absolute Gasteiger partial charge is 0.293 e. The van der Waals surface area contributed by atoms with E-state index >= 15 is 0 Å². The maximum absolute atomic E-state index is 12.6. The Hall–Kier alpha value is -3.13. The molecule has 0 aromatic heterocycles. The van der Waals surface area contributed by atoms with Crippen molar-refractivity contribution in [2.24, 2.45) is 0 Å². The Labute approximate surface area is 170 Å². The number of carbonyl (C=O) groups excluding carboxylic acids is 1. The normalized spacial score (nSPS) is 13.8. The first-order valence-electron chi connectivity index (χ1n) is 9.72. The van der Waals surface area contributed by atoms with Gasteiger partial charge in [-0.1, -0.05) is 18.2 Å². The van der Waals surface area contributed by atoms with Gasteiger partial charge in [-0.15, -0.1) is 0 Å². The lowest BCUT2D eigenvalue weighted by Crippen LogP contribution is -2.40. The number of nitro benzene ring substituents is 1. The fourth-order valence-electron chi connectivity index (χ4n) is 3.27. The molecule has 0 radical (unpaired) electrons. The minimum atomic E-state index is -0.450. The van der Waals surface area contributed by atoms with Gasteiger partial charge in [-0.05, 0) is 30.7 Å². The molecule has 1 aliphatic rings. The van der Waals surface area contributed by atoms with E-state index in [0.717, 1.165) is 18.7 Å². The molecule has 0 aliphatic carbocycles. The highest BCUT2D eigenvalue weighted by Gasteiger charge is 2.22. The fraction of sp³-hybridized carbons (Fsp3) is 0.381. The van der Waals surface area contributed by atoms with Gasteiger partial charge in [0.2, 0.25) is 0 Å². The number of anilines is 2. The average molecular weight is 398 g/mol. The maximum Gasteiger partial charge on any atom is 0.293 e. The molecule has 0 spiro atoms. The summed E-state index contributed by atoms with van der Waals surface area (Å²) >= 11 is 0. The Morgan fingerprint density at radius 3 is 2.62 bits per heavy atom. The van der Waals surface area contributed by atoms with Crippen LogP contribution >= 0.6 is 0 Å². The van der Waals surface area contributed by atoms with Crippen LogP contribution in [0.3, 0.4) is 0 Å². The Morgan fingerprint density at radius 1 is 1.21 bits per heavy atom. The first-order chi connectivity index (χ1) is 14.1. The highest BCUT2D eigenvalue weighted by molar-refractivity contribution is 5.95. The molecule has 2 aromatic rings. The summed E-state index contributed by atoms with van der Waals surface area (Å²) in [6, 6.07) is 14.7. The van der Waals surface area contributed by atoms with Crippen molar-refractivity contribution in [3.8, 4) is 0 Å². The third-order valence-corrected chi connectivity index (χ3v) is 4.92. The van der Waals surface area contributed by atoms with Crippen LogP contribution in [0.5, 0.6) is 0 Å². The van der Waals surface area contributed by atoms with Gasteiger partial charge in [0.25, 0.3) is 11.6 Å². The minimum absolute atomic E-state index is 0.0828. The number of nitrogens with zero attached hydrogens (tertiary/aromatic N) is 3. The molecule has 1 fully saturated rings. The van der Waals surface area contributed by atoms with Crippen molar-refractivity contribution in [1.29, 1.82) is 0 Å². The van der Waals surface area contributed by atoms with Gasteiger partial charge in [-0.25, -0.2) is 0 Å². The summed E-state index contributed by atoms with van der Waals surface area (Å²) in [5.74, 6) is -0.201. The van der Waals surface area contributed by atoms with Crippen molar-refractivity contribution in [2.75, 3.05) is 56.7 Å². The molecule has 154 valence electrons. The van der Waals surface area contributed by atoms with Crippen LogP contribution in [0, 0.1) is 10.1 Å². The van der Waals surface area contributed by atoms with E-state index in [1.54, 1.807) is 17.0 Å². The van der Waals surface area contributed by atoms with Crippen LogP contribution in [-0.4, -0.2) is 62.2 Å². The van der Waals surface area contributed by atoms with E-state index in [2.05, 4.69) is 10.2 Å². The number of ether oxygens (including phenoxy) is 1. The molecular formula is C21H26N4O4. The van der Waals surface area contributed by atoms with Gasteiger partial charge >= 0.3 is 0 Å². The third-order valence-electron chi connectivity index (χ3n) is 4.92. The molecule has 0 unspecified atom stereocenters. The lowest BCUT2D eigenvalue weighted by Gasteiger charge is -2.26. The summed E-state index contributed by atoms with van der Waals surface area (Å²) in [5, 5.41) is 14.6. The summed E-state index contributed by atoms with van der Waals surface area (Å²) in [5.41, 5.74) is 1.80. The predicted molar refractivity (Wildman–Crippen MR) is 113 cm³/mol. The molecule has 8 heteroatoms. The Bertz CT molecular complexity index is 838. The molecular weight excluding hydrogens is 372 g/mol. The quantitative estimate of drug-likeness (QED) is 0.418. The summed E-state index contributed by atoms with van der Waals surface area (Å²) in [6.07, 6.45) is 0.816. The van der Waals surface area contributed by atoms with Gasteiger partial charge in [-0.2, -0.15) is 0 Å². The van der Waals surface area contributed by atoms with E-state index in [0.29, 0.717) is 44.1 Å². The van der Waals surface area contributed by atoms with Gasteiger partial charge in [0.15, 0.2) is 0 Å². The molecule has 1 heterocycles. The van der Waals surface area contributed by atoms with Crippen molar-refractivity contribution in [3.05, 3.63) is 64.2 Å². The topological polar surface area (TPSA) is 88.0 Å². The number of rotatable bonds is 8. The molecule has 1 saturated heterocycles. The number of carbonyl (C=O) groups is 1. The van der Waals surface area contributed by atoms with Crippen LogP contribution in [0.15, 0.2) is 48.5 Å². The Balaban J connectivity index is 1.58. The second kappa shape index (κ2) is 9.88. The van der Waals surface area contributed by atoms with Crippen LogP contribution in [0.2, 0.25) is 0 Å². The number of para-hydroxylation sites is 1. The largest absolute Gasteiger partial charge is 0.379 e. The minimum Gasteiger partial charge on any atom is -0.379 e. The van der Waals surface area contributed by atoms with Gasteiger partial charge < -0.3 is 19.9 Å². The van der Waals surface area contributed by atoms with Crippen molar-refractivity contribution in [2.45, 2.75) is 6.42 Å². The van der Waals surface area contributed by atoms with Crippen LogP contribution in [-0.2, 0) is 4.74 Å². The molecule has 0 atom stereocenters. The van der Waals surface area contributed by atoms with Gasteiger partial charge in [-0.3, -0.25) is 14.9 Å². The van der Waals surface area contributed by atoms with Crippen LogP contribution < -0.4 is 10.2 Å². The SMILES string of the molecule is CN(CCCNc1ccc(C(=O)N2CCOCC2)cc1[N+](=O)[O-])c1ccccc1. The molecule has 1 amide bonds. The van der Waals surface area contributed by atoms with Gasteiger partial charge in [0.1, 0.15) is 5.69 Å². The number of amides is 1. The van der Waals surface area contributed by atoms with E-state index in [9.17, 15) is 14.9 Å². The van der Waals surface area contributed by atoms with E-state index < -0.39 is 4.92 Å². The number of hydrogen-bond donors (Lipinski definition) is 1. The van der Waals surface area contributed by atoms with E-state index in [1.165, 1.54) is 6.07 Å². The monoisotopic (exact) mass is 398 g/mol. The Morgan fingerprint density at radius 2 is 1.93 bits per heavy atom. The zero-order valence-corrected chi connectivity index (χ0v) is 16.5. The second-order valence-electron chi connectivity index (χ2n) is 6.93. The number of nitro groups is 1. The average Bonchev–Trinajstić information content (AvgIpc) is 2.77. The zero-order chi connectivity index (χ0) is 20.6. The summed E-state index contributed by atoms with van der Waals surface area (Å²) in [4.78, 5) is 27.4. The fourth-order valence-corrected chi connectivity index (χ4v) is 3.27. The third kappa shape index (κ3) is 5.45. The molecule has 2 aromatic carbocycles.